The first-order valence-corrected chi connectivity index (χ1v) is 7.13. The summed E-state index contributed by atoms with van der Waals surface area (Å²) in [4.78, 5) is 0. The molecule has 0 aromatic heterocycles. The van der Waals surface area contributed by atoms with E-state index in [-0.39, 0.29) is 17.4 Å². The highest BCUT2D eigenvalue weighted by Crippen LogP contribution is 2.31. The van der Waals surface area contributed by atoms with E-state index in [4.69, 9.17) is 9.47 Å². The lowest BCUT2D eigenvalue weighted by Crippen LogP contribution is -1.92. The number of benzene rings is 2. The van der Waals surface area contributed by atoms with Gasteiger partial charge in [0.2, 0.25) is 0 Å². The van der Waals surface area contributed by atoms with Gasteiger partial charge in [-0.2, -0.15) is 0 Å². The molecule has 0 radical (unpaired) electrons. The molecule has 4 nitrogen and oxygen atoms in total. The van der Waals surface area contributed by atoms with Gasteiger partial charge >= 0.3 is 0 Å². The second-order valence-corrected chi connectivity index (χ2v) is 4.98. The van der Waals surface area contributed by atoms with E-state index in [0.29, 0.717) is 11.5 Å². The smallest absolute Gasteiger partial charge is 0.160 e. The maximum atomic E-state index is 9.88. The van der Waals surface area contributed by atoms with Crippen LogP contribution in [0.1, 0.15) is 17.0 Å². The predicted octanol–water partition coefficient (Wildman–Crippen LogP) is 4.10. The Hall–Kier alpha value is -2.88. The van der Waals surface area contributed by atoms with Crippen molar-refractivity contribution in [1.82, 2.24) is 0 Å². The van der Waals surface area contributed by atoms with Crippen molar-refractivity contribution in [2.24, 2.45) is 0 Å². The molecular weight excluding hydrogens is 292 g/mol. The van der Waals surface area contributed by atoms with Crippen molar-refractivity contribution in [2.45, 2.75) is 5.92 Å². The first-order chi connectivity index (χ1) is 11.1. The van der Waals surface area contributed by atoms with Gasteiger partial charge < -0.3 is 19.7 Å². The van der Waals surface area contributed by atoms with Crippen molar-refractivity contribution < 1.29 is 19.7 Å². The molecule has 0 spiro atoms. The minimum atomic E-state index is -0.0731. The quantitative estimate of drug-likeness (QED) is 0.789. The molecule has 0 fully saturated rings. The van der Waals surface area contributed by atoms with Gasteiger partial charge in [0.25, 0.3) is 0 Å². The normalized spacial score (nSPS) is 12.1. The highest BCUT2D eigenvalue weighted by atomic mass is 16.5. The van der Waals surface area contributed by atoms with Crippen molar-refractivity contribution in [3.05, 3.63) is 66.3 Å². The number of hydrogen-bond donors (Lipinski definition) is 2. The van der Waals surface area contributed by atoms with Gasteiger partial charge in [0.05, 0.1) is 14.2 Å². The first kappa shape index (κ1) is 16.5. The molecule has 0 heterocycles. The molecule has 0 aliphatic heterocycles. The van der Waals surface area contributed by atoms with Crippen LogP contribution in [0.25, 0.3) is 6.08 Å². The molecule has 1 unspecified atom stereocenters. The highest BCUT2D eigenvalue weighted by molar-refractivity contribution is 5.57. The summed E-state index contributed by atoms with van der Waals surface area (Å²) >= 11 is 0. The number of rotatable bonds is 6. The molecule has 1 atom stereocenters. The van der Waals surface area contributed by atoms with E-state index in [9.17, 15) is 10.2 Å². The molecule has 2 rings (SSSR count). The van der Waals surface area contributed by atoms with E-state index in [2.05, 4.69) is 6.58 Å². The minimum absolute atomic E-state index is 0.0731. The van der Waals surface area contributed by atoms with E-state index >= 15 is 0 Å². The Bertz CT molecular complexity index is 719. The summed E-state index contributed by atoms with van der Waals surface area (Å²) in [6.45, 7) is 3.83. The summed E-state index contributed by atoms with van der Waals surface area (Å²) in [5, 5.41) is 19.7. The van der Waals surface area contributed by atoms with Gasteiger partial charge in [-0.05, 0) is 35.4 Å². The molecule has 4 heteroatoms. The van der Waals surface area contributed by atoms with Crippen LogP contribution in [0.15, 0.2) is 55.1 Å². The van der Waals surface area contributed by atoms with Crippen LogP contribution in [0.3, 0.4) is 0 Å². The maximum absolute atomic E-state index is 9.88. The van der Waals surface area contributed by atoms with Crippen LogP contribution in [0.4, 0.5) is 0 Å². The van der Waals surface area contributed by atoms with Crippen LogP contribution >= 0.6 is 0 Å². The van der Waals surface area contributed by atoms with Crippen LogP contribution in [-0.2, 0) is 0 Å². The van der Waals surface area contributed by atoms with Crippen molar-refractivity contribution in [2.75, 3.05) is 14.2 Å². The molecular formula is C19H20O4. The van der Waals surface area contributed by atoms with Crippen molar-refractivity contribution in [1.29, 1.82) is 0 Å². The van der Waals surface area contributed by atoms with E-state index in [1.165, 1.54) is 14.2 Å². The molecule has 0 bridgehead atoms. The van der Waals surface area contributed by atoms with E-state index < -0.39 is 0 Å². The Balaban J connectivity index is 2.23. The number of allylic oxidation sites excluding steroid dienone is 2. The molecule has 0 saturated carbocycles. The largest absolute Gasteiger partial charge is 0.504 e. The summed E-state index contributed by atoms with van der Waals surface area (Å²) in [6, 6.07) is 10.4. The van der Waals surface area contributed by atoms with Gasteiger partial charge in [0.1, 0.15) is 0 Å². The Labute approximate surface area is 135 Å². The van der Waals surface area contributed by atoms with Crippen molar-refractivity contribution in [3.63, 3.8) is 0 Å². The third kappa shape index (κ3) is 3.86. The monoisotopic (exact) mass is 312 g/mol. The topological polar surface area (TPSA) is 58.9 Å². The number of phenolic OH excluding ortho intramolecular Hbond substituents is 2. The summed E-state index contributed by atoms with van der Waals surface area (Å²) < 4.78 is 10.1. The third-order valence-electron chi connectivity index (χ3n) is 3.54. The number of methoxy groups -OCH3 is 2. The fraction of sp³-hybridized carbons (Fsp3) is 0.158. The lowest BCUT2D eigenvalue weighted by atomic mass is 9.97. The Morgan fingerprint density at radius 3 is 2.09 bits per heavy atom. The van der Waals surface area contributed by atoms with E-state index in [0.717, 1.165) is 11.1 Å². The number of aromatic hydroxyl groups is 2. The van der Waals surface area contributed by atoms with Crippen molar-refractivity contribution in [3.8, 4) is 23.0 Å². The molecule has 0 aliphatic carbocycles. The van der Waals surface area contributed by atoms with Crippen LogP contribution in [0.5, 0.6) is 23.0 Å². The molecule has 0 amide bonds. The number of phenols is 2. The first-order valence-electron chi connectivity index (χ1n) is 7.13. The SMILES string of the molecule is C=CC(/C=C\c1ccc(OC)c(O)c1)c1ccc(OC)c(O)c1. The average molecular weight is 312 g/mol. The van der Waals surface area contributed by atoms with Gasteiger partial charge in [0.15, 0.2) is 23.0 Å². The fourth-order valence-corrected chi connectivity index (χ4v) is 2.27. The summed E-state index contributed by atoms with van der Waals surface area (Å²) in [5.41, 5.74) is 1.74. The molecule has 2 N–H and O–H groups in total. The van der Waals surface area contributed by atoms with Crippen LogP contribution < -0.4 is 9.47 Å². The van der Waals surface area contributed by atoms with Crippen LogP contribution in [0.2, 0.25) is 0 Å². The molecule has 0 aliphatic rings. The van der Waals surface area contributed by atoms with Gasteiger partial charge in [-0.3, -0.25) is 0 Å². The van der Waals surface area contributed by atoms with Gasteiger partial charge in [0, 0.05) is 5.92 Å². The van der Waals surface area contributed by atoms with E-state index in [1.54, 1.807) is 30.3 Å². The molecule has 2 aromatic rings. The Morgan fingerprint density at radius 1 is 0.957 bits per heavy atom. The zero-order valence-electron chi connectivity index (χ0n) is 13.2. The van der Waals surface area contributed by atoms with Gasteiger partial charge in [-0.25, -0.2) is 0 Å². The minimum Gasteiger partial charge on any atom is -0.504 e. The third-order valence-corrected chi connectivity index (χ3v) is 3.54. The second-order valence-electron chi connectivity index (χ2n) is 4.98. The summed E-state index contributed by atoms with van der Waals surface area (Å²) in [6.07, 6.45) is 5.60. The molecule has 2 aromatic carbocycles. The van der Waals surface area contributed by atoms with Gasteiger partial charge in [-0.1, -0.05) is 30.4 Å². The zero-order chi connectivity index (χ0) is 16.8. The Morgan fingerprint density at radius 2 is 1.57 bits per heavy atom. The summed E-state index contributed by atoms with van der Waals surface area (Å²) in [5.74, 6) is 0.971. The average Bonchev–Trinajstić information content (AvgIpc) is 2.55. The highest BCUT2D eigenvalue weighted by Gasteiger charge is 2.08. The van der Waals surface area contributed by atoms with Crippen molar-refractivity contribution >= 4 is 6.08 Å². The molecule has 23 heavy (non-hydrogen) atoms. The Kier molecular flexibility index (Phi) is 5.31. The standard InChI is InChI=1S/C19H20O4/c1-4-14(15-8-10-19(23-3)17(21)12-15)7-5-13-6-9-18(22-2)16(20)11-13/h4-12,14,20-21H,1H2,2-3H3/b7-5-. The second kappa shape index (κ2) is 7.40. The fourth-order valence-electron chi connectivity index (χ4n) is 2.27. The zero-order valence-corrected chi connectivity index (χ0v) is 13.2. The maximum Gasteiger partial charge on any atom is 0.160 e. The summed E-state index contributed by atoms with van der Waals surface area (Å²) in [7, 11) is 3.02. The van der Waals surface area contributed by atoms with Crippen LogP contribution in [-0.4, -0.2) is 24.4 Å². The molecule has 0 saturated heterocycles. The van der Waals surface area contributed by atoms with Gasteiger partial charge in [-0.15, -0.1) is 6.58 Å². The van der Waals surface area contributed by atoms with Crippen LogP contribution in [0, 0.1) is 0 Å². The lowest BCUT2D eigenvalue weighted by molar-refractivity contribution is 0.373. The number of ether oxygens (including phenoxy) is 2. The molecule has 120 valence electrons. The van der Waals surface area contributed by atoms with E-state index in [1.807, 2.05) is 24.3 Å². The number of hydrogen-bond acceptors (Lipinski definition) is 4. The predicted molar refractivity (Wildman–Crippen MR) is 91.3 cm³/mol. The lowest BCUT2D eigenvalue weighted by Gasteiger charge is -2.11.